The zero-order valence-corrected chi connectivity index (χ0v) is 13.5. The van der Waals surface area contributed by atoms with E-state index >= 15 is 0 Å². The third-order valence-corrected chi connectivity index (χ3v) is 4.31. The Bertz CT molecular complexity index is 659. The molecule has 6 heteroatoms. The van der Waals surface area contributed by atoms with Crippen LogP contribution in [0.3, 0.4) is 0 Å². The third-order valence-electron chi connectivity index (χ3n) is 4.31. The van der Waals surface area contributed by atoms with Crippen LogP contribution >= 0.6 is 0 Å². The average molecular weight is 314 g/mol. The number of anilines is 1. The summed E-state index contributed by atoms with van der Waals surface area (Å²) >= 11 is 0. The van der Waals surface area contributed by atoms with Crippen LogP contribution in [0, 0.1) is 12.8 Å². The van der Waals surface area contributed by atoms with Gasteiger partial charge in [-0.05, 0) is 37.8 Å². The topological polar surface area (TPSA) is 69.0 Å². The molecule has 1 N–H and O–H groups in total. The highest BCUT2D eigenvalue weighted by atomic mass is 16.5. The summed E-state index contributed by atoms with van der Waals surface area (Å²) in [4.78, 5) is 20.6. The molecule has 23 heavy (non-hydrogen) atoms. The molecule has 6 nitrogen and oxygen atoms in total. The predicted octanol–water partition coefficient (Wildman–Crippen LogP) is 2.56. The van der Waals surface area contributed by atoms with Crippen LogP contribution in [-0.2, 0) is 9.53 Å². The molecule has 0 spiro atoms. The van der Waals surface area contributed by atoms with Crippen LogP contribution in [0.2, 0.25) is 0 Å². The second-order valence-electron chi connectivity index (χ2n) is 6.02. The van der Waals surface area contributed by atoms with Crippen molar-refractivity contribution in [2.75, 3.05) is 18.5 Å². The number of carbonyl (C=O) groups excluding carboxylic acids is 1. The van der Waals surface area contributed by atoms with Gasteiger partial charge in [0.05, 0.1) is 6.04 Å². The maximum absolute atomic E-state index is 12.0. The number of nitrogens with zero attached hydrogens (tertiary/aromatic N) is 3. The molecule has 1 unspecified atom stereocenters. The number of nitrogens with one attached hydrogen (secondary N) is 1. The maximum Gasteiger partial charge on any atom is 0.225 e. The van der Waals surface area contributed by atoms with Crippen molar-refractivity contribution in [1.82, 2.24) is 14.5 Å². The highest BCUT2D eigenvalue weighted by Gasteiger charge is 2.19. The summed E-state index contributed by atoms with van der Waals surface area (Å²) in [6.07, 6.45) is 7.01. The number of ether oxygens (including phenoxy) is 1. The molecule has 1 saturated heterocycles. The van der Waals surface area contributed by atoms with Gasteiger partial charge in [-0.15, -0.1) is 0 Å². The van der Waals surface area contributed by atoms with Gasteiger partial charge in [0.25, 0.3) is 0 Å². The minimum Gasteiger partial charge on any atom is -0.381 e. The van der Waals surface area contributed by atoms with E-state index in [0.29, 0.717) is 24.8 Å². The molecular weight excluding hydrogens is 292 g/mol. The Hall–Kier alpha value is -2.21. The Morgan fingerprint density at radius 3 is 2.96 bits per heavy atom. The zero-order valence-electron chi connectivity index (χ0n) is 13.5. The van der Waals surface area contributed by atoms with Gasteiger partial charge in [0.1, 0.15) is 11.6 Å². The van der Waals surface area contributed by atoms with Crippen molar-refractivity contribution in [2.45, 2.75) is 32.7 Å². The van der Waals surface area contributed by atoms with Crippen molar-refractivity contribution in [3.05, 3.63) is 42.1 Å². The summed E-state index contributed by atoms with van der Waals surface area (Å²) in [6.45, 7) is 5.52. The van der Waals surface area contributed by atoms with Gasteiger partial charge in [-0.3, -0.25) is 4.79 Å². The van der Waals surface area contributed by atoms with Crippen molar-refractivity contribution in [2.24, 2.45) is 5.92 Å². The first-order chi connectivity index (χ1) is 11.1. The zero-order chi connectivity index (χ0) is 16.2. The summed E-state index contributed by atoms with van der Waals surface area (Å²) in [6, 6.07) is 4.00. The van der Waals surface area contributed by atoms with Gasteiger partial charge in [-0.25, -0.2) is 9.97 Å². The fraction of sp³-hybridized carbons (Fsp3) is 0.471. The second kappa shape index (κ2) is 6.91. The molecule has 2 aromatic rings. The van der Waals surface area contributed by atoms with Crippen LogP contribution in [0.25, 0.3) is 0 Å². The molecule has 1 fully saturated rings. The van der Waals surface area contributed by atoms with E-state index in [1.807, 2.05) is 25.3 Å². The van der Waals surface area contributed by atoms with E-state index in [0.717, 1.165) is 24.4 Å². The lowest BCUT2D eigenvalue weighted by molar-refractivity contribution is -0.117. The van der Waals surface area contributed by atoms with Gasteiger partial charge in [-0.2, -0.15) is 0 Å². The van der Waals surface area contributed by atoms with Gasteiger partial charge in [0, 0.05) is 38.2 Å². The summed E-state index contributed by atoms with van der Waals surface area (Å²) < 4.78 is 7.38. The van der Waals surface area contributed by atoms with Crippen molar-refractivity contribution >= 4 is 11.7 Å². The fourth-order valence-corrected chi connectivity index (χ4v) is 2.88. The number of carbonyl (C=O) groups is 1. The number of hydrogen-bond acceptors (Lipinski definition) is 4. The molecule has 2 atom stereocenters. The predicted molar refractivity (Wildman–Crippen MR) is 87.2 cm³/mol. The number of pyridine rings is 1. The van der Waals surface area contributed by atoms with Crippen LogP contribution in [0.5, 0.6) is 0 Å². The van der Waals surface area contributed by atoms with E-state index in [2.05, 4.69) is 26.8 Å². The quantitative estimate of drug-likeness (QED) is 0.921. The molecular formula is C17H22N4O2. The summed E-state index contributed by atoms with van der Waals surface area (Å²) in [5.41, 5.74) is 1.08. The molecule has 0 radical (unpaired) electrons. The van der Waals surface area contributed by atoms with Crippen molar-refractivity contribution < 1.29 is 9.53 Å². The van der Waals surface area contributed by atoms with E-state index in [1.54, 1.807) is 12.4 Å². The number of aromatic nitrogens is 3. The van der Waals surface area contributed by atoms with Gasteiger partial charge in [0.2, 0.25) is 5.91 Å². The molecule has 3 heterocycles. The molecule has 2 aromatic heterocycles. The average Bonchev–Trinajstić information content (AvgIpc) is 3.19. The molecule has 1 aliphatic rings. The molecule has 0 aromatic carbocycles. The third kappa shape index (κ3) is 3.76. The molecule has 3 rings (SSSR count). The lowest BCUT2D eigenvalue weighted by Crippen LogP contribution is -2.17. The highest BCUT2D eigenvalue weighted by molar-refractivity contribution is 5.89. The fourth-order valence-electron chi connectivity index (χ4n) is 2.88. The first kappa shape index (κ1) is 15.7. The molecule has 0 saturated carbocycles. The van der Waals surface area contributed by atoms with Gasteiger partial charge >= 0.3 is 0 Å². The second-order valence-corrected chi connectivity index (χ2v) is 6.02. The largest absolute Gasteiger partial charge is 0.381 e. The van der Waals surface area contributed by atoms with Crippen molar-refractivity contribution in [3.63, 3.8) is 0 Å². The molecule has 1 aliphatic heterocycles. The van der Waals surface area contributed by atoms with E-state index in [-0.39, 0.29) is 11.9 Å². The number of hydrogen-bond donors (Lipinski definition) is 1. The Morgan fingerprint density at radius 1 is 1.48 bits per heavy atom. The van der Waals surface area contributed by atoms with Crippen molar-refractivity contribution in [1.29, 1.82) is 0 Å². The Labute approximate surface area is 135 Å². The smallest absolute Gasteiger partial charge is 0.225 e. The van der Waals surface area contributed by atoms with E-state index in [1.165, 1.54) is 0 Å². The number of imidazole rings is 1. The van der Waals surface area contributed by atoms with E-state index in [4.69, 9.17) is 4.74 Å². The lowest BCUT2D eigenvalue weighted by Gasteiger charge is -2.15. The maximum atomic E-state index is 12.0. The van der Waals surface area contributed by atoms with E-state index < -0.39 is 0 Å². The van der Waals surface area contributed by atoms with Crippen LogP contribution in [0.15, 0.2) is 30.7 Å². The van der Waals surface area contributed by atoms with Crippen LogP contribution < -0.4 is 5.32 Å². The van der Waals surface area contributed by atoms with Gasteiger partial charge in [0.15, 0.2) is 0 Å². The highest BCUT2D eigenvalue weighted by Crippen LogP contribution is 2.20. The van der Waals surface area contributed by atoms with Crippen molar-refractivity contribution in [3.8, 4) is 0 Å². The Balaban J connectivity index is 1.60. The monoisotopic (exact) mass is 314 g/mol. The summed E-state index contributed by atoms with van der Waals surface area (Å²) in [5, 5.41) is 2.86. The summed E-state index contributed by atoms with van der Waals surface area (Å²) in [7, 11) is 0. The van der Waals surface area contributed by atoms with Crippen LogP contribution in [0.1, 0.15) is 37.2 Å². The number of amides is 1. The van der Waals surface area contributed by atoms with Gasteiger partial charge < -0.3 is 14.6 Å². The molecule has 122 valence electrons. The standard InChI is InChI=1S/C17H22N4O2/c1-12(21-7-6-18-13(21)2)15-3-4-16(19-10-15)20-17(22)9-14-5-8-23-11-14/h3-4,6-7,10,12,14H,5,8-9,11H2,1-2H3,(H,19,20,22)/t12?,14-/m1/s1. The number of aryl methyl sites for hydroxylation is 1. The van der Waals surface area contributed by atoms with Crippen LogP contribution in [-0.4, -0.2) is 33.7 Å². The molecule has 0 bridgehead atoms. The minimum atomic E-state index is -0.000692. The van der Waals surface area contributed by atoms with Gasteiger partial charge in [-0.1, -0.05) is 6.07 Å². The Kier molecular flexibility index (Phi) is 4.71. The number of rotatable bonds is 5. The molecule has 1 amide bonds. The normalized spacial score (nSPS) is 18.8. The molecule has 0 aliphatic carbocycles. The van der Waals surface area contributed by atoms with Crippen LogP contribution in [0.4, 0.5) is 5.82 Å². The first-order valence-electron chi connectivity index (χ1n) is 7.96. The lowest BCUT2D eigenvalue weighted by atomic mass is 10.1. The Morgan fingerprint density at radius 2 is 2.35 bits per heavy atom. The SMILES string of the molecule is Cc1nccn1C(C)c1ccc(NC(=O)C[C@H]2CCOC2)nc1. The van der Waals surface area contributed by atoms with E-state index in [9.17, 15) is 4.79 Å². The summed E-state index contributed by atoms with van der Waals surface area (Å²) in [5.74, 6) is 1.89. The minimum absolute atomic E-state index is 0.000692. The first-order valence-corrected chi connectivity index (χ1v) is 7.96.